The quantitative estimate of drug-likeness (QED) is 0.221. The van der Waals surface area contributed by atoms with E-state index in [2.05, 4.69) is 11.8 Å². The second-order valence-corrected chi connectivity index (χ2v) is 9.74. The molecule has 1 saturated carbocycles. The van der Waals surface area contributed by atoms with E-state index in [4.69, 9.17) is 4.74 Å². The van der Waals surface area contributed by atoms with Crippen LogP contribution in [0.4, 0.5) is 5.69 Å². The van der Waals surface area contributed by atoms with Gasteiger partial charge in [-0.05, 0) is 37.5 Å². The number of anilines is 1. The Balaban J connectivity index is 1.68. The molecule has 0 atom stereocenters. The molecular formula is C29H38N2O4. The highest BCUT2D eigenvalue weighted by atomic mass is 16.5. The number of imide groups is 1. The third-order valence-electron chi connectivity index (χ3n) is 7.41. The smallest absolute Gasteiger partial charge is 0.305 e. The van der Waals surface area contributed by atoms with Crippen molar-refractivity contribution in [3.05, 3.63) is 41.5 Å². The van der Waals surface area contributed by atoms with Crippen LogP contribution in [0.3, 0.4) is 0 Å². The molecule has 2 amide bonds. The number of benzene rings is 2. The Hall–Kier alpha value is -2.89. The lowest BCUT2D eigenvalue weighted by atomic mass is 9.90. The summed E-state index contributed by atoms with van der Waals surface area (Å²) in [4.78, 5) is 42.3. The first-order valence-corrected chi connectivity index (χ1v) is 13.4. The van der Waals surface area contributed by atoms with E-state index in [1.165, 1.54) is 24.2 Å². The Morgan fingerprint density at radius 2 is 1.71 bits per heavy atom. The highest BCUT2D eigenvalue weighted by molar-refractivity contribution is 6.26. The lowest BCUT2D eigenvalue weighted by Gasteiger charge is -2.37. The first-order valence-electron chi connectivity index (χ1n) is 13.4. The first kappa shape index (κ1) is 25.2. The summed E-state index contributed by atoms with van der Waals surface area (Å²) in [5.74, 6) is -0.577. The van der Waals surface area contributed by atoms with Gasteiger partial charge in [0.2, 0.25) is 0 Å². The molecule has 0 saturated heterocycles. The monoisotopic (exact) mass is 478 g/mol. The van der Waals surface area contributed by atoms with Gasteiger partial charge in [0.15, 0.2) is 0 Å². The summed E-state index contributed by atoms with van der Waals surface area (Å²) in [6.45, 7) is 5.34. The summed E-state index contributed by atoms with van der Waals surface area (Å²) in [5, 5.41) is 1.69. The summed E-state index contributed by atoms with van der Waals surface area (Å²) >= 11 is 0. The number of ether oxygens (including phenoxy) is 1. The van der Waals surface area contributed by atoms with Crippen LogP contribution in [0.5, 0.6) is 0 Å². The molecule has 0 N–H and O–H groups in total. The van der Waals surface area contributed by atoms with Gasteiger partial charge in [-0.2, -0.15) is 0 Å². The molecule has 2 aromatic carbocycles. The summed E-state index contributed by atoms with van der Waals surface area (Å²) in [7, 11) is 0. The molecule has 2 aliphatic rings. The zero-order valence-electron chi connectivity index (χ0n) is 21.2. The van der Waals surface area contributed by atoms with Crippen molar-refractivity contribution >= 4 is 34.2 Å². The van der Waals surface area contributed by atoms with Crippen molar-refractivity contribution in [2.75, 3.05) is 24.6 Å². The van der Waals surface area contributed by atoms with Gasteiger partial charge in [0, 0.05) is 46.6 Å². The number of amides is 2. The van der Waals surface area contributed by atoms with Crippen molar-refractivity contribution in [2.45, 2.75) is 84.1 Å². The summed E-state index contributed by atoms with van der Waals surface area (Å²) in [5.41, 5.74) is 2.23. The predicted octanol–water partition coefficient (Wildman–Crippen LogP) is 6.11. The van der Waals surface area contributed by atoms with Gasteiger partial charge in [0.1, 0.15) is 6.61 Å². The second kappa shape index (κ2) is 11.7. The molecule has 1 heterocycles. The number of hydrogen-bond donors (Lipinski definition) is 0. The fraction of sp³-hybridized carbons (Fsp3) is 0.552. The van der Waals surface area contributed by atoms with Crippen molar-refractivity contribution in [1.82, 2.24) is 4.90 Å². The number of carbonyl (C=O) groups excluding carboxylic acids is 3. The van der Waals surface area contributed by atoms with Gasteiger partial charge in [0.05, 0.1) is 6.54 Å². The Morgan fingerprint density at radius 3 is 2.43 bits per heavy atom. The zero-order chi connectivity index (χ0) is 24.8. The van der Waals surface area contributed by atoms with Gasteiger partial charge >= 0.3 is 5.97 Å². The lowest BCUT2D eigenvalue weighted by Crippen LogP contribution is -2.42. The summed E-state index contributed by atoms with van der Waals surface area (Å²) in [6.07, 6.45) is 10.2. The van der Waals surface area contributed by atoms with Crippen LogP contribution in [0.25, 0.3) is 10.8 Å². The molecule has 35 heavy (non-hydrogen) atoms. The summed E-state index contributed by atoms with van der Waals surface area (Å²) < 4.78 is 5.43. The SMILES string of the molecule is CCCCCCN1C(=O)c2cccc3c(N(CCOC(=O)CC)C4CCCCC4)ccc(c23)C1=O. The van der Waals surface area contributed by atoms with Gasteiger partial charge in [0.25, 0.3) is 11.8 Å². The number of unbranched alkanes of at least 4 members (excludes halogenated alkanes) is 3. The van der Waals surface area contributed by atoms with Crippen LogP contribution in [-0.2, 0) is 9.53 Å². The van der Waals surface area contributed by atoms with Crippen LogP contribution in [0, 0.1) is 0 Å². The van der Waals surface area contributed by atoms with E-state index in [9.17, 15) is 14.4 Å². The number of rotatable bonds is 11. The van der Waals surface area contributed by atoms with Crippen molar-refractivity contribution in [3.8, 4) is 0 Å². The van der Waals surface area contributed by atoms with Crippen LogP contribution >= 0.6 is 0 Å². The first-order chi connectivity index (χ1) is 17.1. The minimum Gasteiger partial charge on any atom is -0.464 e. The molecule has 1 aliphatic carbocycles. The topological polar surface area (TPSA) is 66.9 Å². The fourth-order valence-electron chi connectivity index (χ4n) is 5.53. The minimum absolute atomic E-state index is 0.192. The zero-order valence-corrected chi connectivity index (χ0v) is 21.2. The van der Waals surface area contributed by atoms with Gasteiger partial charge in [-0.15, -0.1) is 0 Å². The van der Waals surface area contributed by atoms with E-state index in [-0.39, 0.29) is 17.8 Å². The summed E-state index contributed by atoms with van der Waals surface area (Å²) in [6, 6.07) is 10.1. The number of esters is 1. The Morgan fingerprint density at radius 1 is 0.971 bits per heavy atom. The van der Waals surface area contributed by atoms with Crippen LogP contribution in [0.1, 0.15) is 98.8 Å². The fourth-order valence-corrected chi connectivity index (χ4v) is 5.53. The minimum atomic E-state index is -0.194. The molecular weight excluding hydrogens is 440 g/mol. The number of carbonyl (C=O) groups is 3. The molecule has 0 bridgehead atoms. The van der Waals surface area contributed by atoms with Gasteiger partial charge in [-0.1, -0.05) is 64.5 Å². The Kier molecular flexibility index (Phi) is 8.42. The molecule has 6 nitrogen and oxygen atoms in total. The average Bonchev–Trinajstić information content (AvgIpc) is 2.89. The highest BCUT2D eigenvalue weighted by Gasteiger charge is 2.34. The molecule has 1 aliphatic heterocycles. The molecule has 6 heteroatoms. The van der Waals surface area contributed by atoms with Crippen molar-refractivity contribution in [1.29, 1.82) is 0 Å². The molecule has 4 rings (SSSR count). The van der Waals surface area contributed by atoms with E-state index >= 15 is 0 Å². The molecule has 188 valence electrons. The van der Waals surface area contributed by atoms with Crippen molar-refractivity contribution in [3.63, 3.8) is 0 Å². The van der Waals surface area contributed by atoms with Crippen molar-refractivity contribution < 1.29 is 19.1 Å². The van der Waals surface area contributed by atoms with E-state index in [1.807, 2.05) is 30.3 Å². The third kappa shape index (κ3) is 5.36. The predicted molar refractivity (Wildman–Crippen MR) is 139 cm³/mol. The van der Waals surface area contributed by atoms with E-state index < -0.39 is 0 Å². The van der Waals surface area contributed by atoms with Gasteiger partial charge in [-0.25, -0.2) is 0 Å². The maximum atomic E-state index is 13.4. The average molecular weight is 479 g/mol. The van der Waals surface area contributed by atoms with Crippen LogP contribution in [-0.4, -0.2) is 48.4 Å². The van der Waals surface area contributed by atoms with E-state index in [0.717, 1.165) is 55.0 Å². The van der Waals surface area contributed by atoms with Crippen LogP contribution in [0.2, 0.25) is 0 Å². The second-order valence-electron chi connectivity index (χ2n) is 9.74. The molecule has 1 fully saturated rings. The van der Waals surface area contributed by atoms with E-state index in [0.29, 0.717) is 43.3 Å². The maximum Gasteiger partial charge on any atom is 0.305 e. The largest absolute Gasteiger partial charge is 0.464 e. The van der Waals surface area contributed by atoms with Gasteiger partial charge in [-0.3, -0.25) is 19.3 Å². The number of nitrogens with zero attached hydrogens (tertiary/aromatic N) is 2. The molecule has 0 unspecified atom stereocenters. The van der Waals surface area contributed by atoms with Crippen molar-refractivity contribution in [2.24, 2.45) is 0 Å². The van der Waals surface area contributed by atoms with Crippen LogP contribution < -0.4 is 4.90 Å². The highest BCUT2D eigenvalue weighted by Crippen LogP contribution is 2.38. The van der Waals surface area contributed by atoms with Gasteiger partial charge < -0.3 is 9.64 Å². The standard InChI is InChI=1S/C29H38N2O4/c1-3-5-6-10-18-31-28(33)23-15-11-14-22-25(17-16-24(27(22)23)29(31)34)30(19-20-35-26(32)4-2)21-12-8-7-9-13-21/h11,14-17,21H,3-10,12-13,18-20H2,1-2H3. The lowest BCUT2D eigenvalue weighted by molar-refractivity contribution is -0.142. The Labute approximate surface area is 208 Å². The maximum absolute atomic E-state index is 13.4. The van der Waals surface area contributed by atoms with E-state index in [1.54, 1.807) is 6.92 Å². The molecule has 0 aromatic heterocycles. The number of hydrogen-bond acceptors (Lipinski definition) is 5. The molecule has 0 radical (unpaired) electrons. The Bertz CT molecular complexity index is 1050. The third-order valence-corrected chi connectivity index (χ3v) is 7.41. The molecule has 2 aromatic rings. The molecule has 0 spiro atoms. The van der Waals surface area contributed by atoms with Crippen LogP contribution in [0.15, 0.2) is 30.3 Å². The normalized spacial score (nSPS) is 16.1.